The van der Waals surface area contributed by atoms with Gasteiger partial charge in [-0.1, -0.05) is 18.2 Å². The molecule has 0 aliphatic carbocycles. The van der Waals surface area contributed by atoms with E-state index in [0.717, 1.165) is 48.9 Å². The van der Waals surface area contributed by atoms with E-state index in [1.807, 2.05) is 60.8 Å². The Balaban J connectivity index is 1.35. The number of morpholine rings is 1. The number of ether oxygens (including phenoxy) is 1. The Labute approximate surface area is 158 Å². The van der Waals surface area contributed by atoms with E-state index in [2.05, 4.69) is 15.3 Å². The van der Waals surface area contributed by atoms with Crippen LogP contribution < -0.4 is 10.2 Å². The van der Waals surface area contributed by atoms with Crippen molar-refractivity contribution in [3.8, 4) is 5.69 Å². The second-order valence-corrected chi connectivity index (χ2v) is 6.50. The van der Waals surface area contributed by atoms with Crippen LogP contribution in [-0.4, -0.2) is 42.0 Å². The maximum Gasteiger partial charge on any atom is 0.228 e. The molecule has 0 atom stereocenters. The van der Waals surface area contributed by atoms with Gasteiger partial charge in [-0.3, -0.25) is 4.79 Å². The second-order valence-electron chi connectivity index (χ2n) is 6.50. The average Bonchev–Trinajstić information content (AvgIpc) is 3.18. The van der Waals surface area contributed by atoms with Crippen LogP contribution in [0.25, 0.3) is 5.69 Å². The van der Waals surface area contributed by atoms with E-state index in [1.54, 1.807) is 10.9 Å². The summed E-state index contributed by atoms with van der Waals surface area (Å²) >= 11 is 0. The number of carbonyl (C=O) groups is 1. The Bertz CT molecular complexity index is 884. The third kappa shape index (κ3) is 4.35. The van der Waals surface area contributed by atoms with Gasteiger partial charge in [0.05, 0.1) is 31.5 Å². The van der Waals surface area contributed by atoms with Crippen molar-refractivity contribution in [3.05, 3.63) is 72.6 Å². The van der Waals surface area contributed by atoms with Crippen molar-refractivity contribution in [2.75, 3.05) is 36.5 Å². The molecule has 1 fully saturated rings. The maximum atomic E-state index is 12.3. The molecule has 1 aliphatic rings. The molecule has 3 aromatic rings. The van der Waals surface area contributed by atoms with Gasteiger partial charge in [0.2, 0.25) is 5.91 Å². The number of para-hydroxylation sites is 1. The lowest BCUT2D eigenvalue weighted by atomic mass is 10.2. The highest BCUT2D eigenvalue weighted by Gasteiger charge is 2.11. The normalized spacial score (nSPS) is 14.1. The van der Waals surface area contributed by atoms with Crippen LogP contribution in [0.1, 0.15) is 5.56 Å². The van der Waals surface area contributed by atoms with Crippen LogP contribution in [0.5, 0.6) is 0 Å². The van der Waals surface area contributed by atoms with E-state index in [9.17, 15) is 4.79 Å². The number of rotatable bonds is 5. The molecule has 1 saturated heterocycles. The summed E-state index contributed by atoms with van der Waals surface area (Å²) in [7, 11) is 0. The summed E-state index contributed by atoms with van der Waals surface area (Å²) in [4.78, 5) is 14.6. The number of nitrogens with one attached hydrogen (secondary N) is 1. The summed E-state index contributed by atoms with van der Waals surface area (Å²) in [5.74, 6) is -0.0539. The summed E-state index contributed by atoms with van der Waals surface area (Å²) in [6.45, 7) is 3.32. The monoisotopic (exact) mass is 362 g/mol. The molecule has 27 heavy (non-hydrogen) atoms. The van der Waals surface area contributed by atoms with Crippen LogP contribution in [0.2, 0.25) is 0 Å². The van der Waals surface area contributed by atoms with Crippen LogP contribution in [0, 0.1) is 0 Å². The van der Waals surface area contributed by atoms with Crippen LogP contribution in [0.15, 0.2) is 67.0 Å². The van der Waals surface area contributed by atoms with Crippen molar-refractivity contribution >= 4 is 17.3 Å². The fourth-order valence-electron chi connectivity index (χ4n) is 3.14. The van der Waals surface area contributed by atoms with Crippen molar-refractivity contribution in [2.45, 2.75) is 6.42 Å². The number of hydrogen-bond acceptors (Lipinski definition) is 4. The van der Waals surface area contributed by atoms with Gasteiger partial charge in [0.25, 0.3) is 0 Å². The molecule has 4 rings (SSSR count). The molecule has 0 spiro atoms. The second kappa shape index (κ2) is 8.05. The van der Waals surface area contributed by atoms with Gasteiger partial charge in [0, 0.05) is 30.7 Å². The minimum absolute atomic E-state index is 0.0539. The van der Waals surface area contributed by atoms with E-state index in [4.69, 9.17) is 4.74 Å². The lowest BCUT2D eigenvalue weighted by molar-refractivity contribution is -0.115. The highest BCUT2D eigenvalue weighted by atomic mass is 16.5. The summed E-state index contributed by atoms with van der Waals surface area (Å²) in [6, 6.07) is 17.8. The van der Waals surface area contributed by atoms with E-state index in [1.165, 1.54) is 0 Å². The third-order valence-electron chi connectivity index (χ3n) is 4.55. The molecule has 1 aromatic heterocycles. The molecular weight excluding hydrogens is 340 g/mol. The number of nitrogens with zero attached hydrogens (tertiary/aromatic N) is 3. The number of anilines is 2. The van der Waals surface area contributed by atoms with Crippen molar-refractivity contribution in [2.24, 2.45) is 0 Å². The Morgan fingerprint density at radius 3 is 2.48 bits per heavy atom. The van der Waals surface area contributed by atoms with Crippen molar-refractivity contribution in [3.63, 3.8) is 0 Å². The number of hydrogen-bond donors (Lipinski definition) is 1. The highest BCUT2D eigenvalue weighted by molar-refractivity contribution is 5.92. The summed E-state index contributed by atoms with van der Waals surface area (Å²) < 4.78 is 7.16. The van der Waals surface area contributed by atoms with Crippen molar-refractivity contribution < 1.29 is 9.53 Å². The van der Waals surface area contributed by atoms with Crippen molar-refractivity contribution in [1.82, 2.24) is 9.78 Å². The molecule has 0 unspecified atom stereocenters. The van der Waals surface area contributed by atoms with Crippen molar-refractivity contribution in [1.29, 1.82) is 0 Å². The predicted molar refractivity (Wildman–Crippen MR) is 105 cm³/mol. The van der Waals surface area contributed by atoms with Crippen LogP contribution in [0.4, 0.5) is 11.4 Å². The Morgan fingerprint density at radius 2 is 1.74 bits per heavy atom. The highest BCUT2D eigenvalue weighted by Crippen LogP contribution is 2.19. The quantitative estimate of drug-likeness (QED) is 0.758. The SMILES string of the molecule is O=C(Cc1cnn(-c2ccccc2)c1)Nc1ccc(N2CCOCC2)cc1. The molecule has 6 nitrogen and oxygen atoms in total. The molecule has 2 heterocycles. The molecule has 0 radical (unpaired) electrons. The van der Waals surface area contributed by atoms with E-state index in [0.29, 0.717) is 0 Å². The molecule has 1 amide bonds. The van der Waals surface area contributed by atoms with Gasteiger partial charge in [-0.25, -0.2) is 4.68 Å². The fraction of sp³-hybridized carbons (Fsp3) is 0.238. The zero-order valence-electron chi connectivity index (χ0n) is 15.0. The van der Waals surface area contributed by atoms with Gasteiger partial charge < -0.3 is 15.0 Å². The molecule has 2 aromatic carbocycles. The number of amides is 1. The zero-order valence-corrected chi connectivity index (χ0v) is 15.0. The smallest absolute Gasteiger partial charge is 0.228 e. The standard InChI is InChI=1S/C21H22N4O2/c26-21(14-17-15-22-25(16-17)20-4-2-1-3-5-20)23-18-6-8-19(9-7-18)24-10-12-27-13-11-24/h1-9,15-16H,10-14H2,(H,23,26). The minimum Gasteiger partial charge on any atom is -0.378 e. The molecule has 138 valence electrons. The molecular formula is C21H22N4O2. The third-order valence-corrected chi connectivity index (χ3v) is 4.55. The molecule has 0 bridgehead atoms. The van der Waals surface area contributed by atoms with Crippen LogP contribution >= 0.6 is 0 Å². The molecule has 1 aliphatic heterocycles. The Hall–Kier alpha value is -3.12. The first-order valence-corrected chi connectivity index (χ1v) is 9.09. The fourth-order valence-corrected chi connectivity index (χ4v) is 3.14. The first-order chi connectivity index (χ1) is 13.3. The molecule has 6 heteroatoms. The Morgan fingerprint density at radius 1 is 1.00 bits per heavy atom. The average molecular weight is 362 g/mol. The summed E-state index contributed by atoms with van der Waals surface area (Å²) in [6.07, 6.45) is 3.91. The summed E-state index contributed by atoms with van der Waals surface area (Å²) in [5, 5.41) is 7.28. The van der Waals surface area contributed by atoms with Crippen LogP contribution in [0.3, 0.4) is 0 Å². The first-order valence-electron chi connectivity index (χ1n) is 9.09. The Kier molecular flexibility index (Phi) is 5.16. The topological polar surface area (TPSA) is 59.4 Å². The maximum absolute atomic E-state index is 12.3. The van der Waals surface area contributed by atoms with Gasteiger partial charge in [-0.05, 0) is 42.0 Å². The minimum atomic E-state index is -0.0539. The van der Waals surface area contributed by atoms with Gasteiger partial charge >= 0.3 is 0 Å². The first kappa shape index (κ1) is 17.3. The van der Waals surface area contributed by atoms with E-state index >= 15 is 0 Å². The zero-order chi connectivity index (χ0) is 18.5. The summed E-state index contributed by atoms with van der Waals surface area (Å²) in [5.41, 5.74) is 3.80. The van der Waals surface area contributed by atoms with Crippen LogP contribution in [-0.2, 0) is 16.0 Å². The number of carbonyl (C=O) groups excluding carboxylic acids is 1. The number of benzene rings is 2. The van der Waals surface area contributed by atoms with Gasteiger partial charge in [0.1, 0.15) is 0 Å². The predicted octanol–water partition coefficient (Wildman–Crippen LogP) is 2.89. The van der Waals surface area contributed by atoms with Gasteiger partial charge in [-0.2, -0.15) is 5.10 Å². The molecule has 0 saturated carbocycles. The lowest BCUT2D eigenvalue weighted by Gasteiger charge is -2.28. The van der Waals surface area contributed by atoms with E-state index in [-0.39, 0.29) is 12.3 Å². The van der Waals surface area contributed by atoms with Gasteiger partial charge in [0.15, 0.2) is 0 Å². The number of aromatic nitrogens is 2. The largest absolute Gasteiger partial charge is 0.378 e. The van der Waals surface area contributed by atoms with E-state index < -0.39 is 0 Å². The lowest BCUT2D eigenvalue weighted by Crippen LogP contribution is -2.36. The molecule has 1 N–H and O–H groups in total. The van der Waals surface area contributed by atoms with Gasteiger partial charge in [-0.15, -0.1) is 0 Å².